The summed E-state index contributed by atoms with van der Waals surface area (Å²) in [5, 5.41) is 3.21. The molecular weight excluding hydrogens is 348 g/mol. The molecule has 0 unspecified atom stereocenters. The van der Waals surface area contributed by atoms with E-state index >= 15 is 0 Å². The Bertz CT molecular complexity index is 686. The van der Waals surface area contributed by atoms with Crippen molar-refractivity contribution in [2.75, 3.05) is 7.05 Å². The molecule has 5 heterocycles. The second kappa shape index (κ2) is 5.85. The Morgan fingerprint density at radius 3 is 2.56 bits per heavy atom. The minimum Gasteiger partial charge on any atom is -0.429 e. The van der Waals surface area contributed by atoms with Crippen molar-refractivity contribution < 1.29 is 23.9 Å². The number of carbonyl (C=O) groups is 3. The highest BCUT2D eigenvalue weighted by Crippen LogP contribution is 2.58. The molecule has 0 aromatic heterocycles. The molecule has 2 saturated carbocycles. The lowest BCUT2D eigenvalue weighted by atomic mass is 9.50. The number of rotatable bonds is 1. The second-order valence-electron chi connectivity index (χ2n) is 9.67. The van der Waals surface area contributed by atoms with Gasteiger partial charge < -0.3 is 19.7 Å². The predicted molar refractivity (Wildman–Crippen MR) is 96.8 cm³/mol. The van der Waals surface area contributed by atoms with E-state index in [2.05, 4.69) is 5.32 Å². The number of hydrogen-bond acceptors (Lipinski definition) is 5. The van der Waals surface area contributed by atoms with E-state index in [9.17, 15) is 14.4 Å². The summed E-state index contributed by atoms with van der Waals surface area (Å²) in [7, 11) is 1.83. The van der Waals surface area contributed by atoms with E-state index in [-0.39, 0.29) is 23.8 Å². The first kappa shape index (κ1) is 18.6. The van der Waals surface area contributed by atoms with Crippen LogP contribution in [0.2, 0.25) is 0 Å². The maximum atomic E-state index is 13.5. The topological polar surface area (TPSA) is 84.9 Å². The van der Waals surface area contributed by atoms with E-state index in [4.69, 9.17) is 9.47 Å². The van der Waals surface area contributed by atoms with Gasteiger partial charge in [-0.1, -0.05) is 0 Å². The number of ether oxygens (including phenoxy) is 2. The fourth-order valence-electron chi connectivity index (χ4n) is 6.07. The summed E-state index contributed by atoms with van der Waals surface area (Å²) in [5.74, 6) is -0.0812. The van der Waals surface area contributed by atoms with Gasteiger partial charge in [-0.05, 0) is 65.7 Å². The van der Waals surface area contributed by atoms with Crippen LogP contribution in [0, 0.1) is 11.3 Å². The third-order valence-electron chi connectivity index (χ3n) is 7.19. The van der Waals surface area contributed by atoms with Crippen LogP contribution in [0.1, 0.15) is 65.7 Å². The molecule has 5 saturated heterocycles. The van der Waals surface area contributed by atoms with Crippen molar-refractivity contribution in [2.45, 2.75) is 89.0 Å². The standard InChI is InChI=1S/C20H30N2O5/c1-18(2,3)27-17(25)26-14-6-5-9-19-10-8-13(22(4)16(19)24)12-7-11-20(14,19)21-15(12)23/h12-14H,5-11H2,1-4H3,(H,21,23)/t12-,13-,14-,19-,20-/m0/s1. The van der Waals surface area contributed by atoms with E-state index in [1.54, 1.807) is 25.7 Å². The Morgan fingerprint density at radius 1 is 1.15 bits per heavy atom. The SMILES string of the molecule is CN1C(=O)[C@@]23CCC[C@H](OC(=O)OC(C)(C)C)[C@@]24CC[C@H](C(=O)N4)[C@@H]1CC3. The van der Waals surface area contributed by atoms with Gasteiger partial charge in [0.05, 0.1) is 16.9 Å². The van der Waals surface area contributed by atoms with Gasteiger partial charge in [0, 0.05) is 13.1 Å². The first-order chi connectivity index (χ1) is 12.6. The van der Waals surface area contributed by atoms with Gasteiger partial charge in [0.2, 0.25) is 11.8 Å². The molecule has 7 nitrogen and oxygen atoms in total. The van der Waals surface area contributed by atoms with Gasteiger partial charge in [-0.15, -0.1) is 0 Å². The van der Waals surface area contributed by atoms with Crippen molar-refractivity contribution in [2.24, 2.45) is 11.3 Å². The van der Waals surface area contributed by atoms with Gasteiger partial charge in [-0.2, -0.15) is 0 Å². The number of hydrogen-bond donors (Lipinski definition) is 1. The largest absolute Gasteiger partial charge is 0.509 e. The van der Waals surface area contributed by atoms with Gasteiger partial charge in [0.25, 0.3) is 0 Å². The summed E-state index contributed by atoms with van der Waals surface area (Å²) in [5.41, 5.74) is -2.17. The Labute approximate surface area is 160 Å². The predicted octanol–water partition coefficient (Wildman–Crippen LogP) is 2.38. The molecular formula is C20H30N2O5. The molecule has 0 radical (unpaired) electrons. The molecule has 4 bridgehead atoms. The van der Waals surface area contributed by atoms with Gasteiger partial charge in [-0.3, -0.25) is 9.59 Å². The lowest BCUT2D eigenvalue weighted by molar-refractivity contribution is -0.192. The van der Waals surface area contributed by atoms with Crippen LogP contribution in [-0.2, 0) is 19.1 Å². The molecule has 0 aromatic carbocycles. The molecule has 7 rings (SSSR count). The number of nitrogens with one attached hydrogen (secondary N) is 1. The van der Waals surface area contributed by atoms with E-state index in [1.807, 2.05) is 7.05 Å². The molecule has 0 aromatic rings. The molecule has 7 fully saturated rings. The lowest BCUT2D eigenvalue weighted by Crippen LogP contribution is -2.80. The summed E-state index contributed by atoms with van der Waals surface area (Å²) < 4.78 is 11.1. The van der Waals surface area contributed by atoms with Crippen molar-refractivity contribution in [1.82, 2.24) is 10.2 Å². The monoisotopic (exact) mass is 378 g/mol. The van der Waals surface area contributed by atoms with Crippen molar-refractivity contribution in [1.29, 1.82) is 0 Å². The number of carbonyl (C=O) groups excluding carboxylic acids is 3. The van der Waals surface area contributed by atoms with Crippen LogP contribution in [0.4, 0.5) is 4.79 Å². The highest BCUT2D eigenvalue weighted by Gasteiger charge is 2.69. The quantitative estimate of drug-likeness (QED) is 0.708. The second-order valence-corrected chi connectivity index (χ2v) is 9.67. The lowest BCUT2D eigenvalue weighted by Gasteiger charge is -2.64. The van der Waals surface area contributed by atoms with E-state index in [0.717, 1.165) is 32.1 Å². The fourth-order valence-corrected chi connectivity index (χ4v) is 6.07. The molecule has 150 valence electrons. The molecule has 27 heavy (non-hydrogen) atoms. The van der Waals surface area contributed by atoms with Gasteiger partial charge in [-0.25, -0.2) is 4.79 Å². The first-order valence-corrected chi connectivity index (χ1v) is 10.1. The highest BCUT2D eigenvalue weighted by atomic mass is 16.7. The minimum atomic E-state index is -0.827. The number of piperidine rings is 2. The Hall–Kier alpha value is -1.79. The van der Waals surface area contributed by atoms with Crippen LogP contribution in [0.25, 0.3) is 0 Å². The van der Waals surface area contributed by atoms with Crippen LogP contribution in [0.15, 0.2) is 0 Å². The third-order valence-corrected chi connectivity index (χ3v) is 7.19. The Morgan fingerprint density at radius 2 is 1.89 bits per heavy atom. The van der Waals surface area contributed by atoms with E-state index < -0.39 is 28.8 Å². The van der Waals surface area contributed by atoms with Crippen molar-refractivity contribution >= 4 is 18.0 Å². The zero-order chi connectivity index (χ0) is 19.6. The first-order valence-electron chi connectivity index (χ1n) is 10.1. The van der Waals surface area contributed by atoms with Crippen LogP contribution in [0.3, 0.4) is 0 Å². The maximum Gasteiger partial charge on any atom is 0.509 e. The Kier molecular flexibility index (Phi) is 4.02. The van der Waals surface area contributed by atoms with Crippen molar-refractivity contribution in [3.63, 3.8) is 0 Å². The maximum absolute atomic E-state index is 13.5. The van der Waals surface area contributed by atoms with Crippen molar-refractivity contribution in [3.8, 4) is 0 Å². The molecule has 5 atom stereocenters. The molecule has 7 heteroatoms. The molecule has 2 amide bonds. The van der Waals surface area contributed by atoms with Gasteiger partial charge in [0.15, 0.2) is 0 Å². The van der Waals surface area contributed by atoms with E-state index in [0.29, 0.717) is 12.8 Å². The minimum absolute atomic E-state index is 0.00522. The van der Waals surface area contributed by atoms with Crippen LogP contribution in [0.5, 0.6) is 0 Å². The number of amides is 2. The average molecular weight is 378 g/mol. The van der Waals surface area contributed by atoms with Crippen LogP contribution in [-0.4, -0.2) is 53.2 Å². The van der Waals surface area contributed by atoms with Gasteiger partial charge >= 0.3 is 6.16 Å². The van der Waals surface area contributed by atoms with Crippen LogP contribution >= 0.6 is 0 Å². The van der Waals surface area contributed by atoms with Gasteiger partial charge in [0.1, 0.15) is 11.7 Å². The molecule has 7 aliphatic rings. The third kappa shape index (κ3) is 2.57. The van der Waals surface area contributed by atoms with E-state index in [1.165, 1.54) is 0 Å². The summed E-state index contributed by atoms with van der Waals surface area (Å²) >= 11 is 0. The number of nitrogens with zero attached hydrogens (tertiary/aromatic N) is 1. The summed E-state index contributed by atoms with van der Waals surface area (Å²) in [6.07, 6.45) is 3.85. The summed E-state index contributed by atoms with van der Waals surface area (Å²) in [6.45, 7) is 5.37. The van der Waals surface area contributed by atoms with Crippen LogP contribution < -0.4 is 5.32 Å². The highest BCUT2D eigenvalue weighted by molar-refractivity contribution is 5.91. The summed E-state index contributed by atoms with van der Waals surface area (Å²) in [6, 6.07) is -0.0198. The molecule has 2 spiro atoms. The zero-order valence-corrected chi connectivity index (χ0v) is 16.7. The summed E-state index contributed by atoms with van der Waals surface area (Å²) in [4.78, 5) is 40.6. The zero-order valence-electron chi connectivity index (χ0n) is 16.7. The Balaban J connectivity index is 1.73. The average Bonchev–Trinajstić information content (AvgIpc) is 2.54. The molecule has 1 N–H and O–H groups in total. The smallest absolute Gasteiger partial charge is 0.429 e. The molecule has 2 aliphatic carbocycles. The fraction of sp³-hybridized carbons (Fsp3) is 0.850. The van der Waals surface area contributed by atoms with Crippen molar-refractivity contribution in [3.05, 3.63) is 0 Å². The normalized spacial score (nSPS) is 40.7. The molecule has 5 aliphatic heterocycles.